The normalized spacial score (nSPS) is 32.8. The van der Waals surface area contributed by atoms with Crippen molar-refractivity contribution in [3.8, 4) is 0 Å². The minimum absolute atomic E-state index is 0.0738. The van der Waals surface area contributed by atoms with Crippen LogP contribution >= 0.6 is 0 Å². The fourth-order valence-corrected chi connectivity index (χ4v) is 2.80. The largest absolute Gasteiger partial charge is 0.380 e. The summed E-state index contributed by atoms with van der Waals surface area (Å²) in [6.07, 6.45) is 3.28. The topological polar surface area (TPSA) is 50.8 Å². The maximum atomic E-state index is 12.4. The second-order valence-corrected chi connectivity index (χ2v) is 5.06. The molecule has 2 saturated heterocycles. The molecular formula is C13H24N2O3. The van der Waals surface area contributed by atoms with Crippen molar-refractivity contribution < 1.29 is 14.3 Å². The zero-order valence-electron chi connectivity index (χ0n) is 11.4. The standard InChI is InChI=1S/C13H24N2O3/c1-3-18-10-5-4-6-15(9-10)13(16)12-7-11(17-2)8-14-12/h10-12,14H,3-9H2,1-2H3. The first-order valence-corrected chi connectivity index (χ1v) is 6.91. The predicted octanol–water partition coefficient (Wildman–Crippen LogP) is 0.391. The minimum atomic E-state index is -0.0738. The maximum Gasteiger partial charge on any atom is 0.239 e. The molecule has 2 aliphatic rings. The number of hydrogen-bond acceptors (Lipinski definition) is 4. The first kappa shape index (κ1) is 13.8. The summed E-state index contributed by atoms with van der Waals surface area (Å²) in [6.45, 7) is 5.10. The number of methoxy groups -OCH3 is 1. The summed E-state index contributed by atoms with van der Waals surface area (Å²) >= 11 is 0. The van der Waals surface area contributed by atoms with E-state index in [-0.39, 0.29) is 24.2 Å². The fraction of sp³-hybridized carbons (Fsp3) is 0.923. The van der Waals surface area contributed by atoms with E-state index in [9.17, 15) is 4.79 Å². The molecule has 0 saturated carbocycles. The van der Waals surface area contributed by atoms with Gasteiger partial charge in [-0.3, -0.25) is 4.79 Å². The first-order chi connectivity index (χ1) is 8.74. The lowest BCUT2D eigenvalue weighted by molar-refractivity contribution is -0.137. The molecule has 104 valence electrons. The highest BCUT2D eigenvalue weighted by Gasteiger charge is 2.34. The van der Waals surface area contributed by atoms with Crippen LogP contribution in [0.1, 0.15) is 26.2 Å². The van der Waals surface area contributed by atoms with Gasteiger partial charge in [-0.25, -0.2) is 0 Å². The van der Waals surface area contributed by atoms with Crippen LogP contribution < -0.4 is 5.32 Å². The van der Waals surface area contributed by atoms with Crippen LogP contribution in [-0.4, -0.2) is 62.4 Å². The first-order valence-electron chi connectivity index (χ1n) is 6.91. The molecule has 0 aliphatic carbocycles. The van der Waals surface area contributed by atoms with Crippen LogP contribution in [0.4, 0.5) is 0 Å². The Morgan fingerprint density at radius 3 is 2.94 bits per heavy atom. The summed E-state index contributed by atoms with van der Waals surface area (Å²) in [5.41, 5.74) is 0. The van der Waals surface area contributed by atoms with Crippen molar-refractivity contribution in [2.75, 3.05) is 33.4 Å². The Labute approximate surface area is 109 Å². The molecule has 0 radical (unpaired) electrons. The van der Waals surface area contributed by atoms with Crippen molar-refractivity contribution in [3.05, 3.63) is 0 Å². The average molecular weight is 256 g/mol. The van der Waals surface area contributed by atoms with Crippen LogP contribution in [0.5, 0.6) is 0 Å². The van der Waals surface area contributed by atoms with Gasteiger partial charge in [-0.15, -0.1) is 0 Å². The number of ether oxygens (including phenoxy) is 2. The SMILES string of the molecule is CCOC1CCCN(C(=O)C2CC(OC)CN2)C1. The number of amides is 1. The number of carbonyl (C=O) groups excluding carboxylic acids is 1. The van der Waals surface area contributed by atoms with Gasteiger partial charge in [-0.05, 0) is 26.2 Å². The van der Waals surface area contributed by atoms with Crippen molar-refractivity contribution >= 4 is 5.91 Å². The minimum Gasteiger partial charge on any atom is -0.380 e. The molecule has 2 rings (SSSR count). The van der Waals surface area contributed by atoms with Gasteiger partial charge in [0.05, 0.1) is 18.2 Å². The van der Waals surface area contributed by atoms with Crippen molar-refractivity contribution in [1.82, 2.24) is 10.2 Å². The Morgan fingerprint density at radius 2 is 2.28 bits per heavy atom. The third-order valence-corrected chi connectivity index (χ3v) is 3.81. The highest BCUT2D eigenvalue weighted by Crippen LogP contribution is 2.17. The predicted molar refractivity (Wildman–Crippen MR) is 68.4 cm³/mol. The molecule has 2 aliphatic heterocycles. The van der Waals surface area contributed by atoms with Gasteiger partial charge in [0, 0.05) is 33.4 Å². The van der Waals surface area contributed by atoms with Crippen LogP contribution in [0.3, 0.4) is 0 Å². The summed E-state index contributed by atoms with van der Waals surface area (Å²) in [5, 5.41) is 3.24. The van der Waals surface area contributed by atoms with E-state index in [1.807, 2.05) is 11.8 Å². The molecule has 0 spiro atoms. The Balaban J connectivity index is 1.85. The van der Waals surface area contributed by atoms with E-state index in [0.29, 0.717) is 0 Å². The van der Waals surface area contributed by atoms with Crippen molar-refractivity contribution in [3.63, 3.8) is 0 Å². The molecule has 5 heteroatoms. The molecule has 18 heavy (non-hydrogen) atoms. The average Bonchev–Trinajstić information content (AvgIpc) is 2.87. The summed E-state index contributed by atoms with van der Waals surface area (Å²) < 4.78 is 10.9. The Hall–Kier alpha value is -0.650. The lowest BCUT2D eigenvalue weighted by Crippen LogP contribution is -2.49. The van der Waals surface area contributed by atoms with Crippen LogP contribution in [-0.2, 0) is 14.3 Å². The molecule has 0 aromatic heterocycles. The molecule has 1 amide bonds. The Morgan fingerprint density at radius 1 is 1.44 bits per heavy atom. The molecule has 5 nitrogen and oxygen atoms in total. The fourth-order valence-electron chi connectivity index (χ4n) is 2.80. The van der Waals surface area contributed by atoms with Gasteiger partial charge < -0.3 is 19.7 Å². The zero-order valence-corrected chi connectivity index (χ0v) is 11.4. The molecule has 2 heterocycles. The highest BCUT2D eigenvalue weighted by molar-refractivity contribution is 5.82. The Bertz CT molecular complexity index is 283. The number of likely N-dealkylation sites (tertiary alicyclic amines) is 1. The molecule has 1 N–H and O–H groups in total. The number of nitrogens with one attached hydrogen (secondary N) is 1. The monoisotopic (exact) mass is 256 g/mol. The van der Waals surface area contributed by atoms with Crippen LogP contribution in [0, 0.1) is 0 Å². The molecule has 3 unspecified atom stereocenters. The molecular weight excluding hydrogens is 232 g/mol. The van der Waals surface area contributed by atoms with Crippen LogP contribution in [0.2, 0.25) is 0 Å². The molecule has 0 aromatic carbocycles. The van der Waals surface area contributed by atoms with Crippen LogP contribution in [0.15, 0.2) is 0 Å². The lowest BCUT2D eigenvalue weighted by Gasteiger charge is -2.34. The number of nitrogens with zero attached hydrogens (tertiary/aromatic N) is 1. The number of carbonyl (C=O) groups is 1. The summed E-state index contributed by atoms with van der Waals surface area (Å²) in [7, 11) is 1.70. The third-order valence-electron chi connectivity index (χ3n) is 3.81. The Kier molecular flexibility index (Phi) is 4.97. The van der Waals surface area contributed by atoms with E-state index in [1.165, 1.54) is 0 Å². The van der Waals surface area contributed by atoms with Gasteiger partial charge in [-0.2, -0.15) is 0 Å². The summed E-state index contributed by atoms with van der Waals surface area (Å²) in [6, 6.07) is -0.0738. The van der Waals surface area contributed by atoms with E-state index >= 15 is 0 Å². The molecule has 0 aromatic rings. The van der Waals surface area contributed by atoms with E-state index < -0.39 is 0 Å². The molecule has 3 atom stereocenters. The molecule has 2 fully saturated rings. The lowest BCUT2D eigenvalue weighted by atomic mass is 10.1. The summed E-state index contributed by atoms with van der Waals surface area (Å²) in [5.74, 6) is 0.207. The second kappa shape index (κ2) is 6.50. The van der Waals surface area contributed by atoms with E-state index in [0.717, 1.165) is 45.5 Å². The van der Waals surface area contributed by atoms with Gasteiger partial charge in [0.1, 0.15) is 0 Å². The highest BCUT2D eigenvalue weighted by atomic mass is 16.5. The van der Waals surface area contributed by atoms with Gasteiger partial charge in [0.2, 0.25) is 5.91 Å². The smallest absolute Gasteiger partial charge is 0.239 e. The van der Waals surface area contributed by atoms with Gasteiger partial charge in [0.15, 0.2) is 0 Å². The van der Waals surface area contributed by atoms with Crippen molar-refractivity contribution in [2.24, 2.45) is 0 Å². The van der Waals surface area contributed by atoms with Crippen molar-refractivity contribution in [2.45, 2.75) is 44.4 Å². The van der Waals surface area contributed by atoms with E-state index in [1.54, 1.807) is 7.11 Å². The van der Waals surface area contributed by atoms with Crippen molar-refractivity contribution in [1.29, 1.82) is 0 Å². The number of rotatable bonds is 4. The van der Waals surface area contributed by atoms with Gasteiger partial charge in [-0.1, -0.05) is 0 Å². The second-order valence-electron chi connectivity index (χ2n) is 5.06. The number of piperidine rings is 1. The van der Waals surface area contributed by atoms with Gasteiger partial charge in [0.25, 0.3) is 0 Å². The third kappa shape index (κ3) is 3.22. The number of hydrogen-bond donors (Lipinski definition) is 1. The zero-order chi connectivity index (χ0) is 13.0. The van der Waals surface area contributed by atoms with E-state index in [4.69, 9.17) is 9.47 Å². The van der Waals surface area contributed by atoms with Crippen LogP contribution in [0.25, 0.3) is 0 Å². The maximum absolute atomic E-state index is 12.4. The summed E-state index contributed by atoms with van der Waals surface area (Å²) in [4.78, 5) is 14.3. The molecule has 0 bridgehead atoms. The van der Waals surface area contributed by atoms with E-state index in [2.05, 4.69) is 5.32 Å². The van der Waals surface area contributed by atoms with Gasteiger partial charge >= 0.3 is 0 Å². The quantitative estimate of drug-likeness (QED) is 0.790.